The number of imidazole rings is 1. The van der Waals surface area contributed by atoms with Crippen molar-refractivity contribution in [3.05, 3.63) is 59.4 Å². The average molecular weight is 289 g/mol. The van der Waals surface area contributed by atoms with Crippen molar-refractivity contribution in [3.8, 4) is 11.3 Å². The molecule has 0 aliphatic rings. The molecule has 0 fully saturated rings. The van der Waals surface area contributed by atoms with Crippen LogP contribution >= 0.6 is 11.6 Å². The zero-order chi connectivity index (χ0) is 13.9. The fraction of sp³-hybridized carbons (Fsp3) is 0.133. The zero-order valence-electron chi connectivity index (χ0n) is 10.9. The highest BCUT2D eigenvalue weighted by atomic mass is 35.5. The number of halogens is 1. The summed E-state index contributed by atoms with van der Waals surface area (Å²) in [5, 5.41) is 0.703. The predicted octanol–water partition coefficient (Wildman–Crippen LogP) is 3.73. The predicted molar refractivity (Wildman–Crippen MR) is 77.4 cm³/mol. The van der Waals surface area contributed by atoms with Gasteiger partial charge in [0.05, 0.1) is 12.8 Å². The van der Waals surface area contributed by atoms with Crippen LogP contribution in [0.1, 0.15) is 5.56 Å². The first-order chi connectivity index (χ1) is 9.76. The SMILES string of the molecule is COOCc1ccn2cc(-c3cccc(Cl)c3)nc2c1. The van der Waals surface area contributed by atoms with Crippen molar-refractivity contribution in [2.45, 2.75) is 6.61 Å². The molecule has 0 radical (unpaired) electrons. The second-order valence-corrected chi connectivity index (χ2v) is 4.80. The molecule has 0 aliphatic carbocycles. The summed E-state index contributed by atoms with van der Waals surface area (Å²) in [7, 11) is 1.49. The minimum absolute atomic E-state index is 0.395. The highest BCUT2D eigenvalue weighted by Gasteiger charge is 2.05. The van der Waals surface area contributed by atoms with Gasteiger partial charge >= 0.3 is 0 Å². The summed E-state index contributed by atoms with van der Waals surface area (Å²) < 4.78 is 1.96. The first-order valence-electron chi connectivity index (χ1n) is 6.15. The van der Waals surface area contributed by atoms with Gasteiger partial charge in [-0.2, -0.15) is 0 Å². The molecule has 0 saturated heterocycles. The van der Waals surface area contributed by atoms with Crippen LogP contribution in [0.2, 0.25) is 5.02 Å². The van der Waals surface area contributed by atoms with E-state index in [1.807, 2.05) is 53.2 Å². The Kier molecular flexibility index (Phi) is 3.69. The van der Waals surface area contributed by atoms with Gasteiger partial charge in [0.25, 0.3) is 0 Å². The molecule has 102 valence electrons. The molecule has 0 unspecified atom stereocenters. The number of hydrogen-bond donors (Lipinski definition) is 0. The van der Waals surface area contributed by atoms with Crippen molar-refractivity contribution in [1.29, 1.82) is 0 Å². The van der Waals surface area contributed by atoms with Gasteiger partial charge in [-0.25, -0.2) is 14.8 Å². The number of benzene rings is 1. The van der Waals surface area contributed by atoms with E-state index >= 15 is 0 Å². The van der Waals surface area contributed by atoms with Gasteiger partial charge in [0, 0.05) is 23.0 Å². The van der Waals surface area contributed by atoms with E-state index in [1.165, 1.54) is 7.11 Å². The van der Waals surface area contributed by atoms with E-state index in [1.54, 1.807) is 0 Å². The summed E-state index contributed by atoms with van der Waals surface area (Å²) in [4.78, 5) is 14.1. The maximum absolute atomic E-state index is 6.01. The molecular formula is C15H13ClN2O2. The maximum Gasteiger partial charge on any atom is 0.137 e. The monoisotopic (exact) mass is 288 g/mol. The van der Waals surface area contributed by atoms with Crippen LogP contribution in [0.25, 0.3) is 16.9 Å². The lowest BCUT2D eigenvalue weighted by Gasteiger charge is -2.00. The van der Waals surface area contributed by atoms with Crippen LogP contribution in [0.15, 0.2) is 48.8 Å². The fourth-order valence-electron chi connectivity index (χ4n) is 2.03. The lowest BCUT2D eigenvalue weighted by molar-refractivity contribution is -0.282. The number of pyridine rings is 1. The van der Waals surface area contributed by atoms with Crippen LogP contribution < -0.4 is 0 Å². The first-order valence-corrected chi connectivity index (χ1v) is 6.53. The standard InChI is InChI=1S/C15H13ClN2O2/c1-19-20-10-11-5-6-18-9-14(17-15(18)7-11)12-3-2-4-13(16)8-12/h2-9H,10H2,1H3. The maximum atomic E-state index is 6.01. The smallest absolute Gasteiger partial charge is 0.137 e. The molecule has 0 N–H and O–H groups in total. The van der Waals surface area contributed by atoms with Crippen molar-refractivity contribution < 1.29 is 9.78 Å². The van der Waals surface area contributed by atoms with E-state index in [9.17, 15) is 0 Å². The summed E-state index contributed by atoms with van der Waals surface area (Å²) in [6.07, 6.45) is 3.92. The van der Waals surface area contributed by atoms with Crippen LogP contribution in [-0.2, 0) is 16.4 Å². The summed E-state index contributed by atoms with van der Waals surface area (Å²) in [6.45, 7) is 0.395. The van der Waals surface area contributed by atoms with Crippen LogP contribution in [0, 0.1) is 0 Å². The Morgan fingerprint density at radius 2 is 2.15 bits per heavy atom. The highest BCUT2D eigenvalue weighted by molar-refractivity contribution is 6.30. The van der Waals surface area contributed by atoms with E-state index in [4.69, 9.17) is 16.5 Å². The van der Waals surface area contributed by atoms with Crippen molar-refractivity contribution in [3.63, 3.8) is 0 Å². The molecule has 0 aliphatic heterocycles. The number of nitrogens with zero attached hydrogens (tertiary/aromatic N) is 2. The molecule has 0 bridgehead atoms. The molecule has 0 saturated carbocycles. The van der Waals surface area contributed by atoms with E-state index in [0.29, 0.717) is 11.6 Å². The molecule has 4 nitrogen and oxygen atoms in total. The fourth-order valence-corrected chi connectivity index (χ4v) is 2.22. The van der Waals surface area contributed by atoms with E-state index in [2.05, 4.69) is 9.87 Å². The molecule has 3 aromatic rings. The van der Waals surface area contributed by atoms with Gasteiger partial charge in [0.1, 0.15) is 12.3 Å². The molecule has 0 atom stereocenters. The molecule has 20 heavy (non-hydrogen) atoms. The zero-order valence-corrected chi connectivity index (χ0v) is 11.7. The average Bonchev–Trinajstić information content (AvgIpc) is 2.88. The Labute approximate surface area is 121 Å². The quantitative estimate of drug-likeness (QED) is 0.542. The van der Waals surface area contributed by atoms with Crippen molar-refractivity contribution in [2.24, 2.45) is 0 Å². The Morgan fingerprint density at radius 1 is 1.25 bits per heavy atom. The summed E-state index contributed by atoms with van der Waals surface area (Å²) in [5.74, 6) is 0. The van der Waals surface area contributed by atoms with Crippen LogP contribution in [-0.4, -0.2) is 16.5 Å². The van der Waals surface area contributed by atoms with Crippen LogP contribution in [0.3, 0.4) is 0 Å². The minimum atomic E-state index is 0.395. The number of fused-ring (bicyclic) bond motifs is 1. The molecule has 2 heterocycles. The van der Waals surface area contributed by atoms with Crippen molar-refractivity contribution >= 4 is 17.2 Å². The largest absolute Gasteiger partial charge is 0.306 e. The second kappa shape index (κ2) is 5.63. The Bertz CT molecular complexity index is 740. The minimum Gasteiger partial charge on any atom is -0.306 e. The first kappa shape index (κ1) is 13.1. The molecule has 0 amide bonds. The third kappa shape index (κ3) is 2.67. The van der Waals surface area contributed by atoms with Gasteiger partial charge in [0.2, 0.25) is 0 Å². The van der Waals surface area contributed by atoms with E-state index < -0.39 is 0 Å². The Balaban J connectivity index is 1.98. The topological polar surface area (TPSA) is 35.8 Å². The molecular weight excluding hydrogens is 276 g/mol. The summed E-state index contributed by atoms with van der Waals surface area (Å²) in [5.41, 5.74) is 3.74. The van der Waals surface area contributed by atoms with Crippen LogP contribution in [0.4, 0.5) is 0 Å². The normalized spacial score (nSPS) is 11.1. The van der Waals surface area contributed by atoms with Crippen molar-refractivity contribution in [1.82, 2.24) is 9.38 Å². The van der Waals surface area contributed by atoms with Gasteiger partial charge in [-0.05, 0) is 29.8 Å². The van der Waals surface area contributed by atoms with E-state index in [0.717, 1.165) is 22.5 Å². The number of rotatable bonds is 4. The van der Waals surface area contributed by atoms with Gasteiger partial charge < -0.3 is 4.40 Å². The lowest BCUT2D eigenvalue weighted by Crippen LogP contribution is -1.92. The van der Waals surface area contributed by atoms with Crippen LogP contribution in [0.5, 0.6) is 0 Å². The Morgan fingerprint density at radius 3 is 2.95 bits per heavy atom. The highest BCUT2D eigenvalue weighted by Crippen LogP contribution is 2.22. The summed E-state index contributed by atoms with van der Waals surface area (Å²) >= 11 is 6.01. The molecule has 1 aromatic carbocycles. The van der Waals surface area contributed by atoms with Gasteiger partial charge in [-0.1, -0.05) is 23.7 Å². The van der Waals surface area contributed by atoms with E-state index in [-0.39, 0.29) is 0 Å². The second-order valence-electron chi connectivity index (χ2n) is 4.37. The summed E-state index contributed by atoms with van der Waals surface area (Å²) in [6, 6.07) is 11.6. The third-order valence-electron chi connectivity index (χ3n) is 2.99. The number of hydrogen-bond acceptors (Lipinski definition) is 3. The molecule has 3 rings (SSSR count). The molecule has 0 spiro atoms. The molecule has 5 heteroatoms. The Hall–Kier alpha value is -1.88. The molecule has 2 aromatic heterocycles. The van der Waals surface area contributed by atoms with Gasteiger partial charge in [-0.15, -0.1) is 0 Å². The van der Waals surface area contributed by atoms with Gasteiger partial charge in [0.15, 0.2) is 0 Å². The third-order valence-corrected chi connectivity index (χ3v) is 3.22. The van der Waals surface area contributed by atoms with Gasteiger partial charge in [-0.3, -0.25) is 0 Å². The number of aromatic nitrogens is 2. The van der Waals surface area contributed by atoms with Crippen molar-refractivity contribution in [2.75, 3.05) is 7.11 Å². The lowest BCUT2D eigenvalue weighted by atomic mass is 10.2.